The molecule has 2 fully saturated rings. The number of aryl methyl sites for hydroxylation is 1. The van der Waals surface area contributed by atoms with Crippen molar-refractivity contribution in [2.24, 2.45) is 11.8 Å². The minimum atomic E-state index is 0.0236. The summed E-state index contributed by atoms with van der Waals surface area (Å²) in [5.41, 5.74) is 2.36. The fourth-order valence-electron chi connectivity index (χ4n) is 6.18. The van der Waals surface area contributed by atoms with Gasteiger partial charge in [0.2, 0.25) is 11.9 Å². The SMILES string of the molecule is C=CC(=O)N1C[C@@H]2[C@H](C1)[C@@H]2N(C)CCCc1nc2c(-c3c(Cl)c(OC)cc(OC)c3Cl)cc3cnc(NC)nc3n2n1. The van der Waals surface area contributed by atoms with Gasteiger partial charge in [0.05, 0.1) is 24.3 Å². The molecule has 13 heteroatoms. The molecule has 0 unspecified atom stereocenters. The molecule has 42 heavy (non-hydrogen) atoms. The fraction of sp³-hybridized carbons (Fsp3) is 0.414. The first kappa shape index (κ1) is 28.4. The highest BCUT2D eigenvalue weighted by molar-refractivity contribution is 6.41. The van der Waals surface area contributed by atoms with Crippen molar-refractivity contribution >= 4 is 51.7 Å². The number of nitrogens with one attached hydrogen (secondary N) is 1. The molecule has 1 saturated heterocycles. The number of methoxy groups -OCH3 is 2. The van der Waals surface area contributed by atoms with Crippen molar-refractivity contribution in [3.63, 3.8) is 0 Å². The Balaban J connectivity index is 1.30. The van der Waals surface area contributed by atoms with Crippen molar-refractivity contribution in [2.75, 3.05) is 53.3 Å². The van der Waals surface area contributed by atoms with Crippen LogP contribution in [0.2, 0.25) is 10.0 Å². The van der Waals surface area contributed by atoms with Crippen molar-refractivity contribution < 1.29 is 14.3 Å². The molecule has 0 spiro atoms. The van der Waals surface area contributed by atoms with Gasteiger partial charge < -0.3 is 24.6 Å². The van der Waals surface area contributed by atoms with E-state index in [4.69, 9.17) is 42.8 Å². The van der Waals surface area contributed by atoms with E-state index in [1.54, 1.807) is 38.0 Å². The van der Waals surface area contributed by atoms with E-state index in [1.807, 2.05) is 11.0 Å². The molecule has 1 aromatic carbocycles. The molecule has 1 aliphatic heterocycles. The molecule has 0 radical (unpaired) electrons. The molecular formula is C29H32Cl2N8O3. The molecule has 1 saturated carbocycles. The van der Waals surface area contributed by atoms with Gasteiger partial charge in [-0.15, -0.1) is 5.10 Å². The van der Waals surface area contributed by atoms with E-state index in [9.17, 15) is 4.79 Å². The number of anilines is 1. The van der Waals surface area contributed by atoms with Crippen LogP contribution in [-0.2, 0) is 11.2 Å². The molecule has 0 bridgehead atoms. The maximum atomic E-state index is 11.9. The number of aromatic nitrogens is 5. The third-order valence-corrected chi connectivity index (χ3v) is 9.06. The van der Waals surface area contributed by atoms with Crippen molar-refractivity contribution in [3.8, 4) is 22.6 Å². The molecule has 3 atom stereocenters. The molecule has 4 heterocycles. The lowest BCUT2D eigenvalue weighted by Crippen LogP contribution is -2.35. The summed E-state index contributed by atoms with van der Waals surface area (Å²) < 4.78 is 12.8. The molecule has 2 aliphatic rings. The lowest BCUT2D eigenvalue weighted by molar-refractivity contribution is -0.125. The number of carbonyl (C=O) groups excluding carboxylic acids is 1. The highest BCUT2D eigenvalue weighted by Gasteiger charge is 2.57. The topological polar surface area (TPSA) is 110 Å². The first-order valence-corrected chi connectivity index (χ1v) is 14.5. The first-order valence-electron chi connectivity index (χ1n) is 13.7. The second-order valence-corrected chi connectivity index (χ2v) is 11.4. The quantitative estimate of drug-likeness (QED) is 0.264. The summed E-state index contributed by atoms with van der Waals surface area (Å²) in [6, 6.07) is 4.07. The Labute approximate surface area is 253 Å². The average Bonchev–Trinajstić information content (AvgIpc) is 3.30. The van der Waals surface area contributed by atoms with Gasteiger partial charge in [0.15, 0.2) is 17.1 Å². The minimum absolute atomic E-state index is 0.0236. The summed E-state index contributed by atoms with van der Waals surface area (Å²) in [6.07, 6.45) is 4.67. The number of benzene rings is 1. The van der Waals surface area contributed by atoms with Gasteiger partial charge in [-0.2, -0.15) is 9.50 Å². The lowest BCUT2D eigenvalue weighted by atomic mass is 10.0. The van der Waals surface area contributed by atoms with E-state index in [1.165, 1.54) is 6.08 Å². The maximum Gasteiger partial charge on any atom is 0.245 e. The maximum absolute atomic E-state index is 11.9. The predicted octanol–water partition coefficient (Wildman–Crippen LogP) is 4.21. The second kappa shape index (κ2) is 11.2. The Bertz CT molecular complexity index is 1670. The minimum Gasteiger partial charge on any atom is -0.495 e. The van der Waals surface area contributed by atoms with Crippen LogP contribution in [0, 0.1) is 11.8 Å². The van der Waals surface area contributed by atoms with Crippen LogP contribution in [0.3, 0.4) is 0 Å². The smallest absolute Gasteiger partial charge is 0.245 e. The number of amides is 1. The largest absolute Gasteiger partial charge is 0.495 e. The van der Waals surface area contributed by atoms with Crippen LogP contribution < -0.4 is 14.8 Å². The zero-order valence-electron chi connectivity index (χ0n) is 23.9. The summed E-state index contributed by atoms with van der Waals surface area (Å²) in [7, 11) is 7.00. The highest BCUT2D eigenvalue weighted by atomic mass is 35.5. The van der Waals surface area contributed by atoms with E-state index in [-0.39, 0.29) is 5.91 Å². The van der Waals surface area contributed by atoms with Gasteiger partial charge in [-0.25, -0.2) is 9.97 Å². The van der Waals surface area contributed by atoms with Gasteiger partial charge in [-0.1, -0.05) is 29.8 Å². The van der Waals surface area contributed by atoms with Gasteiger partial charge in [0, 0.05) is 61.4 Å². The van der Waals surface area contributed by atoms with Crippen molar-refractivity contribution in [2.45, 2.75) is 18.9 Å². The number of carbonyl (C=O) groups is 1. The number of hydrogen-bond donors (Lipinski definition) is 1. The van der Waals surface area contributed by atoms with Crippen LogP contribution in [-0.4, -0.2) is 94.3 Å². The van der Waals surface area contributed by atoms with Gasteiger partial charge in [-0.05, 0) is 44.0 Å². The standard InChI is InChI=1S/C29H32Cl2N8O3/c1-6-22(40)38-13-17-18(14-38)26(17)37(3)9-7-8-21-34-28-16(23-24(30)19(41-4)11-20(42-5)25(23)31)10-15-12-33-29(32-2)35-27(15)39(28)36-21/h6,10-12,17-18,26H,1,7-9,13-14H2,2-5H3,(H,32,33,35)/t17-,18+,26-. The number of ether oxygens (including phenoxy) is 2. The summed E-state index contributed by atoms with van der Waals surface area (Å²) in [5.74, 6) is 3.11. The molecule has 6 rings (SSSR count). The van der Waals surface area contributed by atoms with Crippen molar-refractivity contribution in [1.29, 1.82) is 0 Å². The predicted molar refractivity (Wildman–Crippen MR) is 163 cm³/mol. The lowest BCUT2D eigenvalue weighted by Gasteiger charge is -2.23. The molecule has 1 N–H and O–H groups in total. The Morgan fingerprint density at radius 2 is 1.83 bits per heavy atom. The van der Waals surface area contributed by atoms with Crippen LogP contribution in [0.25, 0.3) is 27.8 Å². The monoisotopic (exact) mass is 610 g/mol. The first-order chi connectivity index (χ1) is 20.3. The van der Waals surface area contributed by atoms with Crippen LogP contribution in [0.4, 0.5) is 5.95 Å². The van der Waals surface area contributed by atoms with E-state index in [2.05, 4.69) is 33.8 Å². The molecular weight excluding hydrogens is 579 g/mol. The van der Waals surface area contributed by atoms with Crippen LogP contribution >= 0.6 is 23.2 Å². The second-order valence-electron chi connectivity index (χ2n) is 10.7. The Morgan fingerprint density at radius 3 is 2.45 bits per heavy atom. The zero-order valence-corrected chi connectivity index (χ0v) is 25.4. The third-order valence-electron chi connectivity index (χ3n) is 8.31. The zero-order chi connectivity index (χ0) is 29.7. The number of hydrogen-bond acceptors (Lipinski definition) is 9. The molecule has 11 nitrogen and oxygen atoms in total. The number of likely N-dealkylation sites (tertiary alicyclic amines) is 1. The average molecular weight is 612 g/mol. The van der Waals surface area contributed by atoms with Gasteiger partial charge in [0.1, 0.15) is 11.5 Å². The number of halogens is 2. The van der Waals surface area contributed by atoms with Gasteiger partial charge >= 0.3 is 0 Å². The summed E-state index contributed by atoms with van der Waals surface area (Å²) >= 11 is 13.6. The number of fused-ring (bicyclic) bond motifs is 4. The van der Waals surface area contributed by atoms with Gasteiger partial charge in [0.25, 0.3) is 0 Å². The Hall–Kier alpha value is -3.67. The number of pyridine rings is 1. The third kappa shape index (κ3) is 4.79. The fourth-order valence-corrected chi connectivity index (χ4v) is 6.88. The number of piperidine rings is 1. The van der Waals surface area contributed by atoms with Crippen molar-refractivity contribution in [3.05, 3.63) is 46.9 Å². The molecule has 4 aromatic rings. The van der Waals surface area contributed by atoms with E-state index < -0.39 is 0 Å². The molecule has 220 valence electrons. The normalized spacial score (nSPS) is 19.4. The molecule has 1 amide bonds. The summed E-state index contributed by atoms with van der Waals surface area (Å²) in [6.45, 7) is 6.12. The van der Waals surface area contributed by atoms with E-state index in [0.717, 1.165) is 31.4 Å². The number of nitrogens with zero attached hydrogens (tertiary/aromatic N) is 7. The van der Waals surface area contributed by atoms with Crippen molar-refractivity contribution in [1.82, 2.24) is 34.4 Å². The van der Waals surface area contributed by atoms with Crippen LogP contribution in [0.5, 0.6) is 11.5 Å². The Morgan fingerprint density at radius 1 is 1.14 bits per heavy atom. The molecule has 1 aliphatic carbocycles. The van der Waals surface area contributed by atoms with E-state index in [0.29, 0.717) is 80.0 Å². The van der Waals surface area contributed by atoms with Crippen LogP contribution in [0.1, 0.15) is 12.2 Å². The molecule has 3 aromatic heterocycles. The highest BCUT2D eigenvalue weighted by Crippen LogP contribution is 2.49. The van der Waals surface area contributed by atoms with E-state index >= 15 is 0 Å². The number of rotatable bonds is 10. The van der Waals surface area contributed by atoms with Crippen LogP contribution in [0.15, 0.2) is 31.0 Å². The summed E-state index contributed by atoms with van der Waals surface area (Å²) in [5, 5.41) is 9.27. The summed E-state index contributed by atoms with van der Waals surface area (Å²) in [4.78, 5) is 30.2. The Kier molecular flexibility index (Phi) is 7.59. The van der Waals surface area contributed by atoms with Gasteiger partial charge in [-0.3, -0.25) is 4.79 Å².